The van der Waals surface area contributed by atoms with Crippen LogP contribution in [0.1, 0.15) is 18.1 Å². The number of nitrogens with zero attached hydrogens (tertiary/aromatic N) is 3. The van der Waals surface area contributed by atoms with Gasteiger partial charge >= 0.3 is 6.03 Å². The molecule has 0 fully saturated rings. The first-order valence-corrected chi connectivity index (χ1v) is 8.27. The van der Waals surface area contributed by atoms with Crippen LogP contribution in [0.25, 0.3) is 0 Å². The predicted octanol–water partition coefficient (Wildman–Crippen LogP) is 3.22. The van der Waals surface area contributed by atoms with E-state index in [9.17, 15) is 4.79 Å². The first-order chi connectivity index (χ1) is 12.0. The van der Waals surface area contributed by atoms with Crippen molar-refractivity contribution in [1.82, 2.24) is 10.2 Å². The summed E-state index contributed by atoms with van der Waals surface area (Å²) >= 11 is 0. The van der Waals surface area contributed by atoms with Gasteiger partial charge in [0.25, 0.3) is 0 Å². The number of carbonyl (C=O) groups is 1. The number of rotatable bonds is 6. The molecule has 0 bridgehead atoms. The number of carbonyl (C=O) groups excluding carboxylic acids is 1. The van der Waals surface area contributed by atoms with Crippen LogP contribution in [-0.4, -0.2) is 37.6 Å². The molecule has 2 aromatic carbocycles. The van der Waals surface area contributed by atoms with Gasteiger partial charge in [0.1, 0.15) is 0 Å². The number of anilines is 1. The molecule has 1 unspecified atom stereocenters. The summed E-state index contributed by atoms with van der Waals surface area (Å²) in [7, 11) is 3.78. The van der Waals surface area contributed by atoms with Gasteiger partial charge in [-0.25, -0.2) is 4.79 Å². The van der Waals surface area contributed by atoms with Crippen molar-refractivity contribution in [3.8, 4) is 6.07 Å². The number of amides is 2. The van der Waals surface area contributed by atoms with E-state index >= 15 is 0 Å². The molecular weight excluding hydrogens is 312 g/mol. The van der Waals surface area contributed by atoms with Crippen LogP contribution in [0.15, 0.2) is 54.6 Å². The molecule has 5 heteroatoms. The highest BCUT2D eigenvalue weighted by atomic mass is 16.2. The average Bonchev–Trinajstić information content (AvgIpc) is 2.66. The second-order valence-corrected chi connectivity index (χ2v) is 6.15. The Morgan fingerprint density at radius 1 is 1.12 bits per heavy atom. The maximum atomic E-state index is 12.3. The van der Waals surface area contributed by atoms with Gasteiger partial charge in [0, 0.05) is 38.9 Å². The van der Waals surface area contributed by atoms with E-state index in [1.54, 1.807) is 24.1 Å². The lowest BCUT2D eigenvalue weighted by Crippen LogP contribution is -2.44. The van der Waals surface area contributed by atoms with Gasteiger partial charge in [0.15, 0.2) is 0 Å². The number of benzene rings is 2. The fourth-order valence-electron chi connectivity index (χ4n) is 2.45. The maximum absolute atomic E-state index is 12.3. The minimum atomic E-state index is -0.113. The summed E-state index contributed by atoms with van der Waals surface area (Å²) in [6.07, 6.45) is 0. The summed E-state index contributed by atoms with van der Waals surface area (Å²) in [5.74, 6) is 0. The zero-order valence-corrected chi connectivity index (χ0v) is 14.9. The Labute approximate surface area is 149 Å². The summed E-state index contributed by atoms with van der Waals surface area (Å²) < 4.78 is 0. The Hall–Kier alpha value is -3.00. The Morgan fingerprint density at radius 3 is 2.36 bits per heavy atom. The number of nitriles is 1. The molecule has 0 aliphatic heterocycles. The van der Waals surface area contributed by atoms with Crippen LogP contribution in [0.4, 0.5) is 10.5 Å². The molecule has 0 aliphatic rings. The first-order valence-electron chi connectivity index (χ1n) is 8.27. The molecule has 5 nitrogen and oxygen atoms in total. The molecular formula is C20H24N4O. The van der Waals surface area contributed by atoms with Gasteiger partial charge < -0.3 is 15.1 Å². The molecule has 2 rings (SSSR count). The molecule has 0 radical (unpaired) electrons. The molecule has 0 saturated heterocycles. The average molecular weight is 336 g/mol. The Balaban J connectivity index is 1.83. The highest BCUT2D eigenvalue weighted by Gasteiger charge is 2.13. The van der Waals surface area contributed by atoms with E-state index in [0.29, 0.717) is 18.7 Å². The minimum absolute atomic E-state index is 0.113. The molecule has 0 saturated carbocycles. The van der Waals surface area contributed by atoms with Crippen molar-refractivity contribution in [2.75, 3.05) is 25.5 Å². The summed E-state index contributed by atoms with van der Waals surface area (Å²) in [5.41, 5.74) is 2.73. The molecule has 0 heterocycles. The van der Waals surface area contributed by atoms with Gasteiger partial charge in [0.2, 0.25) is 0 Å². The zero-order valence-electron chi connectivity index (χ0n) is 14.9. The first kappa shape index (κ1) is 18.3. The van der Waals surface area contributed by atoms with Gasteiger partial charge in [-0.1, -0.05) is 30.3 Å². The third-order valence-electron chi connectivity index (χ3n) is 4.22. The lowest BCUT2D eigenvalue weighted by atomic mass is 10.1. The Bertz CT molecular complexity index is 722. The number of hydrogen-bond acceptors (Lipinski definition) is 3. The van der Waals surface area contributed by atoms with Crippen molar-refractivity contribution < 1.29 is 4.79 Å². The van der Waals surface area contributed by atoms with Crippen LogP contribution >= 0.6 is 0 Å². The van der Waals surface area contributed by atoms with Crippen molar-refractivity contribution in [1.29, 1.82) is 5.26 Å². The Morgan fingerprint density at radius 2 is 1.76 bits per heavy atom. The number of nitrogens with one attached hydrogen (secondary N) is 1. The minimum Gasteiger partial charge on any atom is -0.370 e. The monoisotopic (exact) mass is 336 g/mol. The third-order valence-corrected chi connectivity index (χ3v) is 4.22. The van der Waals surface area contributed by atoms with E-state index in [-0.39, 0.29) is 12.1 Å². The quantitative estimate of drug-likeness (QED) is 0.881. The van der Waals surface area contributed by atoms with Crippen molar-refractivity contribution in [2.24, 2.45) is 0 Å². The predicted molar refractivity (Wildman–Crippen MR) is 100 cm³/mol. The number of hydrogen-bond donors (Lipinski definition) is 1. The standard InChI is InChI=1S/C20H24N4O/c1-16(24(3)19-7-5-4-6-8-19)14-22-20(25)23(2)15-18-11-9-17(13-21)10-12-18/h4-12,16H,14-15H2,1-3H3,(H,22,25). The smallest absolute Gasteiger partial charge is 0.317 e. The summed E-state index contributed by atoms with van der Waals surface area (Å²) in [6, 6.07) is 19.5. The number of para-hydroxylation sites is 1. The van der Waals surface area contributed by atoms with E-state index in [0.717, 1.165) is 11.3 Å². The van der Waals surface area contributed by atoms with Crippen LogP contribution in [-0.2, 0) is 6.54 Å². The molecule has 2 aromatic rings. The van der Waals surface area contributed by atoms with Crippen molar-refractivity contribution in [3.05, 3.63) is 65.7 Å². The topological polar surface area (TPSA) is 59.4 Å². The highest BCUT2D eigenvalue weighted by molar-refractivity contribution is 5.74. The fourth-order valence-corrected chi connectivity index (χ4v) is 2.45. The Kier molecular flexibility index (Phi) is 6.41. The highest BCUT2D eigenvalue weighted by Crippen LogP contribution is 2.13. The van der Waals surface area contributed by atoms with E-state index in [1.807, 2.05) is 37.4 Å². The van der Waals surface area contributed by atoms with Gasteiger partial charge in [-0.15, -0.1) is 0 Å². The SMILES string of the molecule is CC(CNC(=O)N(C)Cc1ccc(C#N)cc1)N(C)c1ccccc1. The molecule has 0 aliphatic carbocycles. The summed E-state index contributed by atoms with van der Waals surface area (Å²) in [6.45, 7) is 3.14. The molecule has 0 aromatic heterocycles. The van der Waals surface area contributed by atoms with Crippen LogP contribution in [0.2, 0.25) is 0 Å². The lowest BCUT2D eigenvalue weighted by Gasteiger charge is -2.28. The van der Waals surface area contributed by atoms with Gasteiger partial charge in [-0.3, -0.25) is 0 Å². The lowest BCUT2D eigenvalue weighted by molar-refractivity contribution is 0.206. The van der Waals surface area contributed by atoms with Gasteiger partial charge in [0.05, 0.1) is 11.6 Å². The van der Waals surface area contributed by atoms with Crippen LogP contribution in [0.5, 0.6) is 0 Å². The third kappa shape index (κ3) is 5.25. The molecule has 25 heavy (non-hydrogen) atoms. The van der Waals surface area contributed by atoms with Crippen molar-refractivity contribution >= 4 is 11.7 Å². The van der Waals surface area contributed by atoms with Gasteiger partial charge in [-0.2, -0.15) is 5.26 Å². The van der Waals surface area contributed by atoms with E-state index < -0.39 is 0 Å². The number of urea groups is 1. The normalized spacial score (nSPS) is 11.3. The molecule has 2 amide bonds. The molecule has 0 spiro atoms. The van der Waals surface area contributed by atoms with E-state index in [2.05, 4.69) is 35.3 Å². The summed E-state index contributed by atoms with van der Waals surface area (Å²) in [5, 5.41) is 11.8. The second-order valence-electron chi connectivity index (χ2n) is 6.15. The van der Waals surface area contributed by atoms with Crippen molar-refractivity contribution in [3.63, 3.8) is 0 Å². The molecule has 130 valence electrons. The molecule has 1 atom stereocenters. The molecule has 1 N–H and O–H groups in total. The van der Waals surface area contributed by atoms with Gasteiger partial charge in [-0.05, 0) is 36.8 Å². The van der Waals surface area contributed by atoms with E-state index in [1.165, 1.54) is 0 Å². The van der Waals surface area contributed by atoms with Crippen LogP contribution < -0.4 is 10.2 Å². The largest absolute Gasteiger partial charge is 0.370 e. The fraction of sp³-hybridized carbons (Fsp3) is 0.300. The summed E-state index contributed by atoms with van der Waals surface area (Å²) in [4.78, 5) is 16.1. The zero-order chi connectivity index (χ0) is 18.2. The van der Waals surface area contributed by atoms with Crippen LogP contribution in [0, 0.1) is 11.3 Å². The second kappa shape index (κ2) is 8.74. The van der Waals surface area contributed by atoms with Crippen molar-refractivity contribution in [2.45, 2.75) is 19.5 Å². The van der Waals surface area contributed by atoms with Crippen LogP contribution in [0.3, 0.4) is 0 Å². The van der Waals surface area contributed by atoms with E-state index in [4.69, 9.17) is 5.26 Å². The number of likely N-dealkylation sites (N-methyl/N-ethyl adjacent to an activating group) is 1. The maximum Gasteiger partial charge on any atom is 0.317 e.